The zero-order valence-electron chi connectivity index (χ0n) is 18.1. The van der Waals surface area contributed by atoms with Crippen molar-refractivity contribution in [2.45, 2.75) is 16.4 Å². The zero-order chi connectivity index (χ0) is 26.0. The number of carboxylic acids is 1. The van der Waals surface area contributed by atoms with Gasteiger partial charge in [-0.15, -0.1) is 29.5 Å². The van der Waals surface area contributed by atoms with Crippen LogP contribution in [-0.4, -0.2) is 72.2 Å². The topological polar surface area (TPSA) is 225 Å². The molecule has 36 heavy (non-hydrogen) atoms. The van der Waals surface area contributed by atoms with E-state index in [-0.39, 0.29) is 46.4 Å². The lowest BCUT2D eigenvalue weighted by Gasteiger charge is -2.49. The van der Waals surface area contributed by atoms with Crippen LogP contribution >= 0.6 is 34.9 Å². The molecule has 2 atom stereocenters. The molecule has 2 aliphatic rings. The number of nitrogens with one attached hydrogen (secondary N) is 1. The van der Waals surface area contributed by atoms with Crippen molar-refractivity contribution in [3.63, 3.8) is 0 Å². The van der Waals surface area contributed by atoms with Crippen LogP contribution in [0.2, 0.25) is 0 Å². The summed E-state index contributed by atoms with van der Waals surface area (Å²) >= 11 is 3.37. The number of nitrogens with zero attached hydrogens (tertiary/aromatic N) is 5. The van der Waals surface area contributed by atoms with Crippen molar-refractivity contribution in [1.82, 2.24) is 25.2 Å². The smallest absolute Gasteiger partial charge is 0.353 e. The van der Waals surface area contributed by atoms with Gasteiger partial charge in [-0.2, -0.15) is 4.98 Å². The molecule has 2 unspecified atom stereocenters. The van der Waals surface area contributed by atoms with Crippen LogP contribution in [0.15, 0.2) is 32.2 Å². The largest absolute Gasteiger partial charge is 0.477 e. The van der Waals surface area contributed by atoms with Gasteiger partial charge in [-0.3, -0.25) is 14.5 Å². The van der Waals surface area contributed by atoms with Gasteiger partial charge in [0.15, 0.2) is 17.5 Å². The van der Waals surface area contributed by atoms with Gasteiger partial charge in [0.2, 0.25) is 5.95 Å². The number of β-lactam (4-membered cyclic amide) rings is 1. The molecule has 4 heterocycles. The molecule has 0 saturated carbocycles. The maximum absolute atomic E-state index is 13.0. The van der Waals surface area contributed by atoms with Crippen molar-refractivity contribution < 1.29 is 24.3 Å². The Morgan fingerprint density at radius 3 is 2.78 bits per heavy atom. The highest BCUT2D eigenvalue weighted by Gasteiger charge is 2.54. The summed E-state index contributed by atoms with van der Waals surface area (Å²) in [6, 6.07) is 0.432. The standard InChI is InChI=1S/C19H17N9O5S3/c1-2-3-33-27-11(7-5-35-19(22)23-7)14(29)26-12-15(30)28-13(17(31)32)8(6-34-16(12)28)36-10-4-9(20)24-18(21)25-10/h1,4-5,12,16H,3,6H2,(H2,22,23)(H,26,29)(H,31,32)(H4,20,21,24,25)/b27-11-. The van der Waals surface area contributed by atoms with Gasteiger partial charge in [0.1, 0.15) is 33.7 Å². The molecule has 14 nitrogen and oxygen atoms in total. The van der Waals surface area contributed by atoms with E-state index in [9.17, 15) is 19.5 Å². The lowest BCUT2D eigenvalue weighted by Crippen LogP contribution is -2.71. The Hall–Kier alpha value is -4.01. The summed E-state index contributed by atoms with van der Waals surface area (Å²) in [6.45, 7) is -0.193. The Morgan fingerprint density at radius 1 is 1.36 bits per heavy atom. The monoisotopic (exact) mass is 547 g/mol. The molecule has 0 bridgehead atoms. The molecule has 0 aliphatic carbocycles. The van der Waals surface area contributed by atoms with Gasteiger partial charge >= 0.3 is 5.97 Å². The van der Waals surface area contributed by atoms with Crippen LogP contribution in [-0.2, 0) is 19.2 Å². The molecular formula is C19H17N9O5S3. The number of thiazole rings is 1. The van der Waals surface area contributed by atoms with Gasteiger partial charge in [-0.1, -0.05) is 22.8 Å². The highest BCUT2D eigenvalue weighted by molar-refractivity contribution is 8.06. The first-order valence-corrected chi connectivity index (χ1v) is 12.6. The van der Waals surface area contributed by atoms with E-state index in [1.807, 2.05) is 0 Å². The number of nitrogens with two attached hydrogens (primary N) is 3. The summed E-state index contributed by atoms with van der Waals surface area (Å²) in [5, 5.41) is 17.5. The van der Waals surface area contributed by atoms with E-state index in [4.69, 9.17) is 28.5 Å². The molecular weight excluding hydrogens is 530 g/mol. The fourth-order valence-electron chi connectivity index (χ4n) is 3.25. The van der Waals surface area contributed by atoms with Gasteiger partial charge in [-0.25, -0.2) is 14.8 Å². The first-order valence-electron chi connectivity index (χ1n) is 9.84. The molecule has 2 aromatic heterocycles. The Bertz CT molecular complexity index is 1330. The second-order valence-corrected chi connectivity index (χ2v) is 10.1. The highest BCUT2D eigenvalue weighted by Crippen LogP contribution is 2.45. The van der Waals surface area contributed by atoms with Crippen LogP contribution in [0, 0.1) is 12.3 Å². The van der Waals surface area contributed by atoms with Gasteiger partial charge in [0.05, 0.1) is 0 Å². The van der Waals surface area contributed by atoms with Crippen LogP contribution in [0.4, 0.5) is 16.9 Å². The zero-order valence-corrected chi connectivity index (χ0v) is 20.5. The Kier molecular flexibility index (Phi) is 7.19. The quantitative estimate of drug-likeness (QED) is 0.0704. The van der Waals surface area contributed by atoms with Crippen LogP contribution in [0.3, 0.4) is 0 Å². The van der Waals surface area contributed by atoms with E-state index in [0.29, 0.717) is 9.93 Å². The summed E-state index contributed by atoms with van der Waals surface area (Å²) in [6.07, 6.45) is 5.14. The van der Waals surface area contributed by atoms with Crippen LogP contribution in [0.25, 0.3) is 0 Å². The van der Waals surface area contributed by atoms with E-state index < -0.39 is 29.2 Å². The third kappa shape index (κ3) is 5.00. The van der Waals surface area contributed by atoms with Crippen LogP contribution in [0.1, 0.15) is 5.69 Å². The van der Waals surface area contributed by atoms with Gasteiger partial charge < -0.3 is 32.5 Å². The first-order chi connectivity index (χ1) is 17.2. The predicted molar refractivity (Wildman–Crippen MR) is 134 cm³/mol. The number of thioether (sulfide) groups is 2. The first kappa shape index (κ1) is 25.1. The number of oxime groups is 1. The average Bonchev–Trinajstić information content (AvgIpc) is 3.24. The minimum Gasteiger partial charge on any atom is -0.477 e. The van der Waals surface area contributed by atoms with Crippen molar-refractivity contribution in [3.05, 3.63) is 27.7 Å². The predicted octanol–water partition coefficient (Wildman–Crippen LogP) is -0.478. The molecule has 186 valence electrons. The molecule has 1 saturated heterocycles. The third-order valence-electron chi connectivity index (χ3n) is 4.67. The van der Waals surface area contributed by atoms with Crippen molar-refractivity contribution in [1.29, 1.82) is 0 Å². The number of hydrogen-bond acceptors (Lipinski definition) is 14. The maximum atomic E-state index is 13.0. The van der Waals surface area contributed by atoms with E-state index in [0.717, 1.165) is 28.0 Å². The molecule has 8 N–H and O–H groups in total. The fourth-order valence-corrected chi connectivity index (χ4v) is 6.29. The summed E-state index contributed by atoms with van der Waals surface area (Å²) in [4.78, 5) is 56.3. The van der Waals surface area contributed by atoms with E-state index in [1.54, 1.807) is 0 Å². The lowest BCUT2D eigenvalue weighted by atomic mass is 10.0. The Labute approximate surface area is 215 Å². The second kappa shape index (κ2) is 10.3. The third-order valence-corrected chi connectivity index (χ3v) is 7.81. The number of aromatic nitrogens is 3. The van der Waals surface area contributed by atoms with Crippen molar-refractivity contribution in [3.8, 4) is 12.3 Å². The second-order valence-electron chi connectivity index (χ2n) is 7.02. The molecule has 0 aromatic carbocycles. The van der Waals surface area contributed by atoms with Crippen molar-refractivity contribution >= 4 is 75.3 Å². The van der Waals surface area contributed by atoms with Gasteiger partial charge in [0, 0.05) is 22.1 Å². The van der Waals surface area contributed by atoms with Gasteiger partial charge in [-0.05, 0) is 0 Å². The number of carbonyl (C=O) groups excluding carboxylic acids is 2. The molecule has 2 aromatic rings. The molecule has 2 aliphatic heterocycles. The van der Waals surface area contributed by atoms with E-state index >= 15 is 0 Å². The molecule has 1 fully saturated rings. The maximum Gasteiger partial charge on any atom is 0.353 e. The van der Waals surface area contributed by atoms with Crippen LogP contribution in [0.5, 0.6) is 0 Å². The number of carboxylic acid groups (broad SMARTS) is 1. The summed E-state index contributed by atoms with van der Waals surface area (Å²) in [7, 11) is 0. The molecule has 2 amide bonds. The highest BCUT2D eigenvalue weighted by atomic mass is 32.2. The lowest BCUT2D eigenvalue weighted by molar-refractivity contribution is -0.150. The van der Waals surface area contributed by atoms with Crippen LogP contribution < -0.4 is 22.5 Å². The molecule has 4 rings (SSSR count). The summed E-state index contributed by atoms with van der Waals surface area (Å²) < 4.78 is 0. The van der Waals surface area contributed by atoms with E-state index in [2.05, 4.69) is 31.3 Å². The minimum atomic E-state index is -1.31. The summed E-state index contributed by atoms with van der Waals surface area (Å²) in [5.41, 5.74) is 16.6. The number of carbonyl (C=O) groups is 3. The normalized spacial score (nSPS) is 19.2. The Balaban J connectivity index is 1.54. The molecule has 0 spiro atoms. The Morgan fingerprint density at radius 2 is 2.14 bits per heavy atom. The number of amides is 2. The minimum absolute atomic E-state index is 0.0651. The molecule has 17 heteroatoms. The fraction of sp³-hybridized carbons (Fsp3) is 0.211. The van der Waals surface area contributed by atoms with Crippen molar-refractivity contribution in [2.24, 2.45) is 5.16 Å². The molecule has 0 radical (unpaired) electrons. The average molecular weight is 548 g/mol. The number of aliphatic carboxylic acids is 1. The van der Waals surface area contributed by atoms with Crippen molar-refractivity contribution in [2.75, 3.05) is 29.6 Å². The number of terminal acetylenes is 1. The van der Waals surface area contributed by atoms with E-state index in [1.165, 1.54) is 23.2 Å². The SMILES string of the molecule is C#CCO/N=C(\C(=O)NC1C(=O)N2C(C(=O)O)=C(Sc3cc(N)nc(N)n3)CSC12)c1csc(N)n1. The number of fused-ring (bicyclic) bond motifs is 1. The summed E-state index contributed by atoms with van der Waals surface area (Å²) in [5.74, 6) is -0.176. The number of hydrogen-bond donors (Lipinski definition) is 5. The van der Waals surface area contributed by atoms with Gasteiger partial charge in [0.25, 0.3) is 11.8 Å². The number of rotatable bonds is 8. The number of anilines is 3. The number of nitrogen functional groups attached to an aromatic ring is 3.